The van der Waals surface area contributed by atoms with Crippen LogP contribution in [0.3, 0.4) is 0 Å². The van der Waals surface area contributed by atoms with Gasteiger partial charge in [0.2, 0.25) is 11.8 Å². The standard InChI is InChI=1S/C30H31BrN4O3/c31-22-10-12-23(13-11-22)33-30(37)26(15-16-35-18-25-17-24(35)19-38-25)21-8-5-20(6-9-21)7-14-29(36)34-28-4-2-1-3-27(28)32/h1-14,24-26H,15-19,32H2,(H,33,37)(H,34,36)/t24-,25-,26?/m0/s1. The first-order valence-corrected chi connectivity index (χ1v) is 13.6. The van der Waals surface area contributed by atoms with E-state index in [1.165, 1.54) is 6.08 Å². The van der Waals surface area contributed by atoms with Crippen molar-refractivity contribution in [3.8, 4) is 0 Å². The number of ether oxygens (including phenoxy) is 1. The largest absolute Gasteiger partial charge is 0.397 e. The highest BCUT2D eigenvalue weighted by Crippen LogP contribution is 2.30. The topological polar surface area (TPSA) is 96.7 Å². The number of nitrogens with zero attached hydrogens (tertiary/aromatic N) is 1. The molecule has 0 saturated carbocycles. The van der Waals surface area contributed by atoms with E-state index in [0.29, 0.717) is 29.9 Å². The summed E-state index contributed by atoms with van der Waals surface area (Å²) in [5, 5.41) is 5.87. The number of hydrogen-bond acceptors (Lipinski definition) is 5. The Hall–Kier alpha value is -3.46. The SMILES string of the molecule is Nc1ccccc1NC(=O)C=Cc1ccc(C(CCN2C[C@@H]3C[C@H]2CO3)C(=O)Nc2ccc(Br)cc2)cc1. The molecule has 8 heteroatoms. The summed E-state index contributed by atoms with van der Waals surface area (Å²) in [6, 6.07) is 23.0. The molecule has 1 unspecified atom stereocenters. The third kappa shape index (κ3) is 6.51. The second-order valence-electron chi connectivity index (χ2n) is 9.75. The maximum Gasteiger partial charge on any atom is 0.248 e. The molecule has 4 N–H and O–H groups in total. The first kappa shape index (κ1) is 26.2. The van der Waals surface area contributed by atoms with Crippen LogP contribution in [0.15, 0.2) is 83.3 Å². The zero-order valence-corrected chi connectivity index (χ0v) is 22.6. The van der Waals surface area contributed by atoms with Crippen molar-refractivity contribution in [3.05, 3.63) is 94.5 Å². The first-order chi connectivity index (χ1) is 18.4. The lowest BCUT2D eigenvalue weighted by molar-refractivity contribution is -0.118. The van der Waals surface area contributed by atoms with E-state index in [2.05, 4.69) is 31.5 Å². The Morgan fingerprint density at radius 2 is 1.82 bits per heavy atom. The molecule has 2 bridgehead atoms. The van der Waals surface area contributed by atoms with Crippen LogP contribution in [-0.4, -0.2) is 48.6 Å². The van der Waals surface area contributed by atoms with Gasteiger partial charge in [0.15, 0.2) is 0 Å². The fourth-order valence-corrected chi connectivity index (χ4v) is 5.32. The van der Waals surface area contributed by atoms with E-state index in [0.717, 1.165) is 47.4 Å². The van der Waals surface area contributed by atoms with Crippen molar-refractivity contribution >= 4 is 50.9 Å². The number of fused-ring (bicyclic) bond motifs is 2. The molecule has 7 nitrogen and oxygen atoms in total. The molecule has 38 heavy (non-hydrogen) atoms. The van der Waals surface area contributed by atoms with Crippen LogP contribution in [0.2, 0.25) is 0 Å². The normalized spacial score (nSPS) is 19.5. The summed E-state index contributed by atoms with van der Waals surface area (Å²) in [7, 11) is 0. The lowest BCUT2D eigenvalue weighted by Crippen LogP contribution is -2.38. The maximum absolute atomic E-state index is 13.4. The van der Waals surface area contributed by atoms with Crippen molar-refractivity contribution in [1.29, 1.82) is 0 Å². The molecule has 3 aromatic carbocycles. The Labute approximate surface area is 231 Å². The van der Waals surface area contributed by atoms with Crippen LogP contribution < -0.4 is 16.4 Å². The van der Waals surface area contributed by atoms with E-state index >= 15 is 0 Å². The Kier molecular flexibility index (Phi) is 8.22. The van der Waals surface area contributed by atoms with Gasteiger partial charge in [-0.15, -0.1) is 0 Å². The predicted molar refractivity (Wildman–Crippen MR) is 155 cm³/mol. The van der Waals surface area contributed by atoms with Crippen LogP contribution in [0.1, 0.15) is 29.9 Å². The van der Waals surface area contributed by atoms with Gasteiger partial charge in [-0.1, -0.05) is 52.3 Å². The highest BCUT2D eigenvalue weighted by molar-refractivity contribution is 9.10. The molecular formula is C30H31BrN4O3. The number of morpholine rings is 1. The van der Waals surface area contributed by atoms with Crippen molar-refractivity contribution in [2.24, 2.45) is 0 Å². The Bertz CT molecular complexity index is 1310. The minimum atomic E-state index is -0.305. The third-order valence-electron chi connectivity index (χ3n) is 7.13. The van der Waals surface area contributed by atoms with Crippen LogP contribution >= 0.6 is 15.9 Å². The minimum absolute atomic E-state index is 0.0314. The van der Waals surface area contributed by atoms with E-state index in [-0.39, 0.29) is 17.7 Å². The fourth-order valence-electron chi connectivity index (χ4n) is 5.06. The molecule has 5 rings (SSSR count). The van der Waals surface area contributed by atoms with Crippen LogP contribution in [0.25, 0.3) is 6.08 Å². The molecule has 0 radical (unpaired) electrons. The number of nitrogen functional groups attached to an aromatic ring is 1. The van der Waals surface area contributed by atoms with Gasteiger partial charge in [-0.05, 0) is 73.0 Å². The number of halogens is 1. The van der Waals surface area contributed by atoms with Crippen LogP contribution in [0, 0.1) is 0 Å². The second-order valence-corrected chi connectivity index (χ2v) is 10.7. The zero-order chi connectivity index (χ0) is 26.5. The van der Waals surface area contributed by atoms with Crippen LogP contribution in [0.5, 0.6) is 0 Å². The maximum atomic E-state index is 13.4. The lowest BCUT2D eigenvalue weighted by Gasteiger charge is -2.28. The summed E-state index contributed by atoms with van der Waals surface area (Å²) < 4.78 is 6.70. The number of carbonyl (C=O) groups excluding carboxylic acids is 2. The molecule has 2 aliphatic heterocycles. The van der Waals surface area contributed by atoms with Gasteiger partial charge in [0.1, 0.15) is 0 Å². The summed E-state index contributed by atoms with van der Waals surface area (Å²) >= 11 is 3.44. The number of carbonyl (C=O) groups is 2. The van der Waals surface area contributed by atoms with Gasteiger partial charge < -0.3 is 21.1 Å². The molecule has 3 atom stereocenters. The number of anilines is 3. The summed E-state index contributed by atoms with van der Waals surface area (Å²) in [4.78, 5) is 28.2. The van der Waals surface area contributed by atoms with Crippen molar-refractivity contribution in [2.75, 3.05) is 36.1 Å². The van der Waals surface area contributed by atoms with Crippen molar-refractivity contribution < 1.29 is 14.3 Å². The second kappa shape index (κ2) is 11.9. The Morgan fingerprint density at radius 3 is 2.50 bits per heavy atom. The number of nitrogens with one attached hydrogen (secondary N) is 2. The number of nitrogens with two attached hydrogens (primary N) is 1. The van der Waals surface area contributed by atoms with Gasteiger partial charge in [0.25, 0.3) is 0 Å². The molecule has 196 valence electrons. The van der Waals surface area contributed by atoms with E-state index in [1.807, 2.05) is 60.7 Å². The van der Waals surface area contributed by atoms with Gasteiger partial charge in [-0.25, -0.2) is 0 Å². The van der Waals surface area contributed by atoms with Crippen LogP contribution in [-0.2, 0) is 14.3 Å². The molecule has 0 spiro atoms. The van der Waals surface area contributed by atoms with E-state index < -0.39 is 0 Å². The highest BCUT2D eigenvalue weighted by Gasteiger charge is 2.39. The van der Waals surface area contributed by atoms with E-state index in [1.54, 1.807) is 18.2 Å². The van der Waals surface area contributed by atoms with E-state index in [9.17, 15) is 9.59 Å². The Morgan fingerprint density at radius 1 is 1.05 bits per heavy atom. The minimum Gasteiger partial charge on any atom is -0.397 e. The molecule has 2 heterocycles. The average molecular weight is 576 g/mol. The van der Waals surface area contributed by atoms with Gasteiger partial charge >= 0.3 is 0 Å². The van der Waals surface area contributed by atoms with Crippen molar-refractivity contribution in [1.82, 2.24) is 4.90 Å². The number of benzene rings is 3. The number of hydrogen-bond donors (Lipinski definition) is 3. The van der Waals surface area contributed by atoms with Crippen molar-refractivity contribution in [2.45, 2.75) is 30.9 Å². The fraction of sp³-hybridized carbons (Fsp3) is 0.267. The Balaban J connectivity index is 1.26. The van der Waals surface area contributed by atoms with Crippen LogP contribution in [0.4, 0.5) is 17.1 Å². The predicted octanol–water partition coefficient (Wildman–Crippen LogP) is 5.27. The van der Waals surface area contributed by atoms with Gasteiger partial charge in [-0.3, -0.25) is 14.5 Å². The summed E-state index contributed by atoms with van der Waals surface area (Å²) in [6.45, 7) is 2.56. The molecule has 2 fully saturated rings. The van der Waals surface area contributed by atoms with Gasteiger partial charge in [-0.2, -0.15) is 0 Å². The summed E-state index contributed by atoms with van der Waals surface area (Å²) in [5.41, 5.74) is 9.57. The molecule has 3 aromatic rings. The quantitative estimate of drug-likeness (QED) is 0.239. The highest BCUT2D eigenvalue weighted by atomic mass is 79.9. The van der Waals surface area contributed by atoms with Crippen molar-refractivity contribution in [3.63, 3.8) is 0 Å². The van der Waals surface area contributed by atoms with Gasteiger partial charge in [0.05, 0.1) is 30.0 Å². The summed E-state index contributed by atoms with van der Waals surface area (Å²) in [5.74, 6) is -0.597. The molecule has 0 aromatic heterocycles. The van der Waals surface area contributed by atoms with E-state index in [4.69, 9.17) is 10.5 Å². The van der Waals surface area contributed by atoms with Gasteiger partial charge in [0, 0.05) is 28.8 Å². The number of rotatable bonds is 9. The molecule has 2 aliphatic rings. The molecule has 2 amide bonds. The number of para-hydroxylation sites is 2. The third-order valence-corrected chi connectivity index (χ3v) is 7.66. The molecule has 0 aliphatic carbocycles. The zero-order valence-electron chi connectivity index (χ0n) is 21.0. The molecule has 2 saturated heterocycles. The lowest BCUT2D eigenvalue weighted by atomic mass is 9.93. The number of likely N-dealkylation sites (tertiary alicyclic amines) is 1. The smallest absolute Gasteiger partial charge is 0.248 e. The summed E-state index contributed by atoms with van der Waals surface area (Å²) in [6.07, 6.45) is 5.35. The monoisotopic (exact) mass is 574 g/mol. The average Bonchev–Trinajstić information content (AvgIpc) is 3.55. The molecular weight excluding hydrogens is 544 g/mol. The number of amides is 2. The first-order valence-electron chi connectivity index (χ1n) is 12.8.